The Morgan fingerprint density at radius 1 is 0.963 bits per heavy atom. The molecule has 0 saturated heterocycles. The van der Waals surface area contributed by atoms with Crippen LogP contribution in [0.4, 0.5) is 5.69 Å². The fourth-order valence-electron chi connectivity index (χ4n) is 2.18. The van der Waals surface area contributed by atoms with E-state index in [2.05, 4.69) is 5.32 Å². The number of anilines is 1. The molecule has 7 nitrogen and oxygen atoms in total. The van der Waals surface area contributed by atoms with Crippen molar-refractivity contribution in [2.45, 2.75) is 0 Å². The van der Waals surface area contributed by atoms with Crippen molar-refractivity contribution in [2.75, 3.05) is 33.3 Å². The average Bonchev–Trinajstić information content (AvgIpc) is 2.66. The predicted octanol–water partition coefficient (Wildman–Crippen LogP) is 3.81. The first kappa shape index (κ1) is 20.7. The minimum atomic E-state index is -0.645. The zero-order valence-electron chi connectivity index (χ0n) is 14.8. The van der Waals surface area contributed by atoms with E-state index in [4.69, 9.17) is 42.1 Å². The third-order valence-corrected chi connectivity index (χ3v) is 3.99. The smallest absolute Gasteiger partial charge is 0.340 e. The first-order valence-electron chi connectivity index (χ1n) is 7.61. The largest absolute Gasteiger partial charge is 0.493 e. The molecule has 0 radical (unpaired) electrons. The standard InChI is InChI=1S/C18H17Cl2NO6/c1-24-15-7-11(18(23)26-3)13(8-16(15)25-2)21-17(22)9-27-14-5-4-10(19)6-12(14)20/h4-8H,9H2,1-3H3,(H,21,22). The van der Waals surface area contributed by atoms with E-state index in [-0.39, 0.29) is 22.9 Å². The molecule has 0 unspecified atom stereocenters. The molecular formula is C18H17Cl2NO6. The van der Waals surface area contributed by atoms with Gasteiger partial charge in [-0.25, -0.2) is 4.79 Å². The molecule has 0 aliphatic rings. The highest BCUT2D eigenvalue weighted by Gasteiger charge is 2.19. The van der Waals surface area contributed by atoms with E-state index >= 15 is 0 Å². The molecule has 1 amide bonds. The maximum Gasteiger partial charge on any atom is 0.340 e. The van der Waals surface area contributed by atoms with Gasteiger partial charge >= 0.3 is 5.97 Å². The number of esters is 1. The number of nitrogens with one attached hydrogen (secondary N) is 1. The van der Waals surface area contributed by atoms with Gasteiger partial charge < -0.3 is 24.3 Å². The summed E-state index contributed by atoms with van der Waals surface area (Å²) in [7, 11) is 4.10. The van der Waals surface area contributed by atoms with Gasteiger partial charge in [-0.3, -0.25) is 4.79 Å². The zero-order chi connectivity index (χ0) is 20.0. The van der Waals surface area contributed by atoms with Crippen LogP contribution in [0.25, 0.3) is 0 Å². The number of carbonyl (C=O) groups excluding carboxylic acids is 2. The Balaban J connectivity index is 2.19. The molecule has 1 N–H and O–H groups in total. The van der Waals surface area contributed by atoms with E-state index in [1.807, 2.05) is 0 Å². The molecule has 2 rings (SSSR count). The number of methoxy groups -OCH3 is 3. The van der Waals surface area contributed by atoms with Gasteiger partial charge in [0.2, 0.25) is 0 Å². The SMILES string of the molecule is COC(=O)c1cc(OC)c(OC)cc1NC(=O)COc1ccc(Cl)cc1Cl. The van der Waals surface area contributed by atoms with Crippen LogP contribution in [-0.2, 0) is 9.53 Å². The maximum absolute atomic E-state index is 12.3. The average molecular weight is 414 g/mol. The molecular weight excluding hydrogens is 397 g/mol. The van der Waals surface area contributed by atoms with Gasteiger partial charge in [0.1, 0.15) is 5.75 Å². The molecule has 0 bridgehead atoms. The molecule has 0 fully saturated rings. The summed E-state index contributed by atoms with van der Waals surface area (Å²) in [6.07, 6.45) is 0. The van der Waals surface area contributed by atoms with Crippen LogP contribution in [0.3, 0.4) is 0 Å². The lowest BCUT2D eigenvalue weighted by Gasteiger charge is -2.15. The highest BCUT2D eigenvalue weighted by molar-refractivity contribution is 6.35. The molecule has 0 atom stereocenters. The molecule has 2 aromatic rings. The van der Waals surface area contributed by atoms with Gasteiger partial charge in [0, 0.05) is 17.2 Å². The van der Waals surface area contributed by atoms with Gasteiger partial charge in [0.25, 0.3) is 5.91 Å². The second-order valence-electron chi connectivity index (χ2n) is 5.16. The van der Waals surface area contributed by atoms with Gasteiger partial charge in [-0.1, -0.05) is 23.2 Å². The molecule has 0 spiro atoms. The Kier molecular flexibility index (Phi) is 7.15. The number of amides is 1. The van der Waals surface area contributed by atoms with Gasteiger partial charge in [0.15, 0.2) is 18.1 Å². The zero-order valence-corrected chi connectivity index (χ0v) is 16.3. The van der Waals surface area contributed by atoms with Crippen LogP contribution in [0.1, 0.15) is 10.4 Å². The van der Waals surface area contributed by atoms with Crippen molar-refractivity contribution in [3.63, 3.8) is 0 Å². The van der Waals surface area contributed by atoms with Gasteiger partial charge in [-0.05, 0) is 18.2 Å². The van der Waals surface area contributed by atoms with Crippen LogP contribution in [0.15, 0.2) is 30.3 Å². The van der Waals surface area contributed by atoms with Crippen molar-refractivity contribution in [1.82, 2.24) is 0 Å². The Labute approximate surface area is 166 Å². The highest BCUT2D eigenvalue weighted by atomic mass is 35.5. The fraction of sp³-hybridized carbons (Fsp3) is 0.222. The lowest BCUT2D eigenvalue weighted by Crippen LogP contribution is -2.22. The first-order chi connectivity index (χ1) is 12.9. The van der Waals surface area contributed by atoms with Crippen LogP contribution in [0.5, 0.6) is 17.2 Å². The van der Waals surface area contributed by atoms with Gasteiger partial charge in [-0.15, -0.1) is 0 Å². The Morgan fingerprint density at radius 2 is 1.63 bits per heavy atom. The number of rotatable bonds is 7. The number of carbonyl (C=O) groups is 2. The second-order valence-corrected chi connectivity index (χ2v) is 6.00. The first-order valence-corrected chi connectivity index (χ1v) is 8.37. The summed E-state index contributed by atoms with van der Waals surface area (Å²) in [5, 5.41) is 3.31. The number of benzene rings is 2. The summed E-state index contributed by atoms with van der Waals surface area (Å²) in [6.45, 7) is -0.337. The number of hydrogen-bond donors (Lipinski definition) is 1. The molecule has 0 heterocycles. The Morgan fingerprint density at radius 3 is 2.22 bits per heavy atom. The minimum Gasteiger partial charge on any atom is -0.493 e. The lowest BCUT2D eigenvalue weighted by molar-refractivity contribution is -0.118. The van der Waals surface area contributed by atoms with Crippen molar-refractivity contribution >= 4 is 40.8 Å². The predicted molar refractivity (Wildman–Crippen MR) is 101 cm³/mol. The van der Waals surface area contributed by atoms with Crippen LogP contribution in [0.2, 0.25) is 10.0 Å². The Bertz CT molecular complexity index is 856. The summed E-state index contributed by atoms with van der Waals surface area (Å²) in [6, 6.07) is 7.51. The summed E-state index contributed by atoms with van der Waals surface area (Å²) in [4.78, 5) is 24.3. The van der Waals surface area contributed by atoms with Crippen LogP contribution in [-0.4, -0.2) is 39.8 Å². The van der Waals surface area contributed by atoms with E-state index in [0.29, 0.717) is 22.3 Å². The van der Waals surface area contributed by atoms with E-state index in [9.17, 15) is 9.59 Å². The van der Waals surface area contributed by atoms with Gasteiger partial charge in [0.05, 0.1) is 37.6 Å². The van der Waals surface area contributed by atoms with E-state index in [1.165, 1.54) is 39.5 Å². The minimum absolute atomic E-state index is 0.105. The van der Waals surface area contributed by atoms with E-state index in [0.717, 1.165) is 0 Å². The lowest BCUT2D eigenvalue weighted by atomic mass is 10.1. The van der Waals surface area contributed by atoms with Gasteiger partial charge in [-0.2, -0.15) is 0 Å². The third-order valence-electron chi connectivity index (χ3n) is 3.46. The second kappa shape index (κ2) is 9.34. The monoisotopic (exact) mass is 413 g/mol. The van der Waals surface area contributed by atoms with Crippen LogP contribution >= 0.6 is 23.2 Å². The number of hydrogen-bond acceptors (Lipinski definition) is 6. The van der Waals surface area contributed by atoms with Crippen LogP contribution in [0, 0.1) is 0 Å². The molecule has 0 aliphatic heterocycles. The molecule has 144 valence electrons. The number of ether oxygens (including phenoxy) is 4. The van der Waals surface area contributed by atoms with Crippen molar-refractivity contribution in [2.24, 2.45) is 0 Å². The summed E-state index contributed by atoms with van der Waals surface area (Å²) in [5.74, 6) is -0.203. The number of halogens is 2. The molecule has 9 heteroatoms. The van der Waals surface area contributed by atoms with Crippen molar-refractivity contribution in [3.05, 3.63) is 45.9 Å². The van der Waals surface area contributed by atoms with E-state index < -0.39 is 11.9 Å². The molecule has 2 aromatic carbocycles. The van der Waals surface area contributed by atoms with Crippen molar-refractivity contribution in [1.29, 1.82) is 0 Å². The summed E-state index contributed by atoms with van der Waals surface area (Å²) >= 11 is 11.8. The molecule has 0 aromatic heterocycles. The molecule has 27 heavy (non-hydrogen) atoms. The fourth-order valence-corrected chi connectivity index (χ4v) is 2.65. The van der Waals surface area contributed by atoms with Crippen LogP contribution < -0.4 is 19.5 Å². The summed E-state index contributed by atoms with van der Waals surface area (Å²) < 4.78 is 20.5. The van der Waals surface area contributed by atoms with E-state index in [1.54, 1.807) is 12.1 Å². The molecule has 0 aliphatic carbocycles. The topological polar surface area (TPSA) is 83.1 Å². The summed E-state index contributed by atoms with van der Waals surface area (Å²) in [5.41, 5.74) is 0.295. The maximum atomic E-state index is 12.3. The normalized spacial score (nSPS) is 10.1. The highest BCUT2D eigenvalue weighted by Crippen LogP contribution is 2.34. The quantitative estimate of drug-likeness (QED) is 0.694. The van der Waals surface area contributed by atoms with Crippen molar-refractivity contribution in [3.8, 4) is 17.2 Å². The Hall–Kier alpha value is -2.64. The molecule has 0 saturated carbocycles. The third kappa shape index (κ3) is 5.18. The van der Waals surface area contributed by atoms with Crippen molar-refractivity contribution < 1.29 is 28.5 Å².